The predicted molar refractivity (Wildman–Crippen MR) is 94.0 cm³/mol. The van der Waals surface area contributed by atoms with Gasteiger partial charge in [-0.25, -0.2) is 0 Å². The van der Waals surface area contributed by atoms with E-state index >= 15 is 0 Å². The maximum Gasteiger partial charge on any atom is 0.289 e. The van der Waals surface area contributed by atoms with Crippen molar-refractivity contribution < 1.29 is 9.21 Å². The number of halogens is 1. The van der Waals surface area contributed by atoms with Crippen LogP contribution in [0.4, 0.5) is 0 Å². The van der Waals surface area contributed by atoms with E-state index in [-0.39, 0.29) is 11.9 Å². The SMILES string of the molecule is CC(c1cccs1)N(C)C(=O)c1ccc(-c2ccccc2Cl)o1. The van der Waals surface area contributed by atoms with Gasteiger partial charge in [0, 0.05) is 17.5 Å². The predicted octanol–water partition coefficient (Wildman–Crippen LogP) is 5.49. The molecule has 0 spiro atoms. The molecule has 23 heavy (non-hydrogen) atoms. The molecule has 1 amide bonds. The topological polar surface area (TPSA) is 33.5 Å². The van der Waals surface area contributed by atoms with Gasteiger partial charge in [-0.1, -0.05) is 29.8 Å². The molecule has 0 saturated heterocycles. The quantitative estimate of drug-likeness (QED) is 0.626. The number of nitrogens with zero attached hydrogens (tertiary/aromatic N) is 1. The first-order valence-electron chi connectivity index (χ1n) is 7.23. The van der Waals surface area contributed by atoms with Gasteiger partial charge in [-0.2, -0.15) is 0 Å². The van der Waals surface area contributed by atoms with E-state index in [1.165, 1.54) is 0 Å². The minimum atomic E-state index is -0.149. The highest BCUT2D eigenvalue weighted by Gasteiger charge is 2.22. The summed E-state index contributed by atoms with van der Waals surface area (Å²) in [4.78, 5) is 15.4. The van der Waals surface area contributed by atoms with Crippen molar-refractivity contribution in [3.63, 3.8) is 0 Å². The highest BCUT2D eigenvalue weighted by molar-refractivity contribution is 7.10. The third-order valence-corrected chi connectivity index (χ3v) is 5.18. The summed E-state index contributed by atoms with van der Waals surface area (Å²) in [6.07, 6.45) is 0. The number of benzene rings is 1. The van der Waals surface area contributed by atoms with Gasteiger partial charge in [0.25, 0.3) is 5.91 Å². The normalized spacial score (nSPS) is 12.1. The zero-order valence-electron chi connectivity index (χ0n) is 12.8. The molecule has 3 rings (SSSR count). The van der Waals surface area contributed by atoms with E-state index in [9.17, 15) is 4.79 Å². The Morgan fingerprint density at radius 3 is 2.65 bits per heavy atom. The van der Waals surface area contributed by atoms with Gasteiger partial charge >= 0.3 is 0 Å². The number of thiophene rings is 1. The highest BCUT2D eigenvalue weighted by atomic mass is 35.5. The zero-order valence-corrected chi connectivity index (χ0v) is 14.4. The fourth-order valence-electron chi connectivity index (χ4n) is 2.33. The van der Waals surface area contributed by atoms with Crippen LogP contribution in [0.25, 0.3) is 11.3 Å². The number of carbonyl (C=O) groups excluding carboxylic acids is 1. The second-order valence-corrected chi connectivity index (χ2v) is 6.64. The maximum absolute atomic E-state index is 12.6. The molecule has 0 N–H and O–H groups in total. The van der Waals surface area contributed by atoms with Crippen molar-refractivity contribution in [3.8, 4) is 11.3 Å². The maximum atomic E-state index is 12.6. The summed E-state index contributed by atoms with van der Waals surface area (Å²) in [6, 6.07) is 14.9. The van der Waals surface area contributed by atoms with Gasteiger partial charge in [0.05, 0.1) is 11.1 Å². The molecule has 0 aliphatic carbocycles. The lowest BCUT2D eigenvalue weighted by Gasteiger charge is -2.23. The fourth-order valence-corrected chi connectivity index (χ4v) is 3.38. The van der Waals surface area contributed by atoms with Gasteiger partial charge in [0.2, 0.25) is 0 Å². The Labute approximate surface area is 144 Å². The number of hydrogen-bond acceptors (Lipinski definition) is 3. The molecule has 5 heteroatoms. The van der Waals surface area contributed by atoms with Crippen LogP contribution in [0.3, 0.4) is 0 Å². The van der Waals surface area contributed by atoms with E-state index < -0.39 is 0 Å². The first-order chi connectivity index (χ1) is 11.1. The molecule has 1 aromatic carbocycles. The summed E-state index contributed by atoms with van der Waals surface area (Å²) in [7, 11) is 1.78. The van der Waals surface area contributed by atoms with Gasteiger partial charge in [-0.15, -0.1) is 11.3 Å². The van der Waals surface area contributed by atoms with Gasteiger partial charge in [0.1, 0.15) is 5.76 Å². The minimum Gasteiger partial charge on any atom is -0.451 e. The van der Waals surface area contributed by atoms with Crippen LogP contribution >= 0.6 is 22.9 Å². The van der Waals surface area contributed by atoms with Gasteiger partial charge in [0.15, 0.2) is 5.76 Å². The summed E-state index contributed by atoms with van der Waals surface area (Å²) in [6.45, 7) is 2.00. The molecule has 0 fully saturated rings. The van der Waals surface area contributed by atoms with Crippen LogP contribution in [0.5, 0.6) is 0 Å². The molecule has 0 aliphatic rings. The molecule has 2 aromatic heterocycles. The first-order valence-corrected chi connectivity index (χ1v) is 8.49. The Morgan fingerprint density at radius 1 is 1.17 bits per heavy atom. The van der Waals surface area contributed by atoms with E-state index in [0.717, 1.165) is 10.4 Å². The molecular formula is C18H16ClNO2S. The van der Waals surface area contributed by atoms with E-state index in [2.05, 4.69) is 0 Å². The Balaban J connectivity index is 1.83. The van der Waals surface area contributed by atoms with E-state index in [1.54, 1.807) is 41.5 Å². The molecule has 118 valence electrons. The zero-order chi connectivity index (χ0) is 16.4. The number of carbonyl (C=O) groups is 1. The largest absolute Gasteiger partial charge is 0.451 e. The van der Waals surface area contributed by atoms with Crippen molar-refractivity contribution in [1.82, 2.24) is 4.90 Å². The third kappa shape index (κ3) is 3.19. The lowest BCUT2D eigenvalue weighted by Crippen LogP contribution is -2.28. The third-order valence-electron chi connectivity index (χ3n) is 3.81. The van der Waals surface area contributed by atoms with Crippen molar-refractivity contribution >= 4 is 28.8 Å². The van der Waals surface area contributed by atoms with Crippen LogP contribution in [0.15, 0.2) is 58.3 Å². The first kappa shape index (κ1) is 15.8. The van der Waals surface area contributed by atoms with Crippen molar-refractivity contribution in [2.24, 2.45) is 0 Å². The molecular weight excluding hydrogens is 330 g/mol. The summed E-state index contributed by atoms with van der Waals surface area (Å²) in [5, 5.41) is 2.60. The summed E-state index contributed by atoms with van der Waals surface area (Å²) >= 11 is 7.81. The van der Waals surface area contributed by atoms with Crippen LogP contribution < -0.4 is 0 Å². The molecule has 0 radical (unpaired) electrons. The van der Waals surface area contributed by atoms with Crippen LogP contribution in [0.2, 0.25) is 5.02 Å². The van der Waals surface area contributed by atoms with Crippen molar-refractivity contribution in [3.05, 3.63) is 69.6 Å². The monoisotopic (exact) mass is 345 g/mol. The molecule has 0 bridgehead atoms. The number of hydrogen-bond donors (Lipinski definition) is 0. The van der Waals surface area contributed by atoms with Crippen LogP contribution in [-0.2, 0) is 0 Å². The number of amides is 1. The van der Waals surface area contributed by atoms with Gasteiger partial charge in [-0.05, 0) is 42.6 Å². The lowest BCUT2D eigenvalue weighted by molar-refractivity contribution is 0.0713. The Kier molecular flexibility index (Phi) is 4.55. The van der Waals surface area contributed by atoms with E-state index in [0.29, 0.717) is 16.5 Å². The Morgan fingerprint density at radius 2 is 1.96 bits per heavy atom. The number of rotatable bonds is 4. The van der Waals surface area contributed by atoms with Crippen LogP contribution in [0, 0.1) is 0 Å². The second kappa shape index (κ2) is 6.60. The Hall–Kier alpha value is -2.04. The van der Waals surface area contributed by atoms with Crippen LogP contribution in [-0.4, -0.2) is 17.9 Å². The Bertz CT molecular complexity index is 810. The summed E-state index contributed by atoms with van der Waals surface area (Å²) in [5.74, 6) is 0.756. The highest BCUT2D eigenvalue weighted by Crippen LogP contribution is 2.30. The number of furan rings is 1. The summed E-state index contributed by atoms with van der Waals surface area (Å²) < 4.78 is 5.73. The molecule has 0 aliphatic heterocycles. The molecule has 3 aromatic rings. The lowest BCUT2D eigenvalue weighted by atomic mass is 10.2. The molecule has 2 heterocycles. The fraction of sp³-hybridized carbons (Fsp3) is 0.167. The second-order valence-electron chi connectivity index (χ2n) is 5.25. The van der Waals surface area contributed by atoms with Gasteiger partial charge < -0.3 is 9.32 Å². The average Bonchev–Trinajstić information content (AvgIpc) is 3.24. The average molecular weight is 346 g/mol. The molecule has 3 nitrogen and oxygen atoms in total. The van der Waals surface area contributed by atoms with Crippen molar-refractivity contribution in [2.45, 2.75) is 13.0 Å². The van der Waals surface area contributed by atoms with Crippen molar-refractivity contribution in [2.75, 3.05) is 7.05 Å². The standard InChI is InChI=1S/C18H16ClNO2S/c1-12(17-8-5-11-23-17)20(2)18(21)16-10-9-15(22-16)13-6-3-4-7-14(13)19/h3-12H,1-2H3. The smallest absolute Gasteiger partial charge is 0.289 e. The van der Waals surface area contributed by atoms with E-state index in [4.69, 9.17) is 16.0 Å². The molecule has 1 unspecified atom stereocenters. The van der Waals surface area contributed by atoms with Crippen molar-refractivity contribution in [1.29, 1.82) is 0 Å². The van der Waals surface area contributed by atoms with Crippen LogP contribution in [0.1, 0.15) is 28.4 Å². The minimum absolute atomic E-state index is 0.00337. The molecule has 0 saturated carbocycles. The van der Waals surface area contributed by atoms with E-state index in [1.807, 2.05) is 42.6 Å². The molecule has 1 atom stereocenters. The summed E-state index contributed by atoms with van der Waals surface area (Å²) in [5.41, 5.74) is 0.780. The van der Waals surface area contributed by atoms with Gasteiger partial charge in [-0.3, -0.25) is 4.79 Å².